The average molecular weight is 240 g/mol. The zero-order chi connectivity index (χ0) is 7.56. The maximum Gasteiger partial charge on any atom is 0.211 e. The van der Waals surface area contributed by atoms with Crippen molar-refractivity contribution in [3.8, 4) is 0 Å². The molecule has 0 atom stereocenters. The smallest absolute Gasteiger partial charge is 0.211 e. The van der Waals surface area contributed by atoms with E-state index in [0.29, 0.717) is 10.4 Å². The Labute approximate surface area is 78.5 Å². The molecule has 1 heterocycles. The van der Waals surface area contributed by atoms with Crippen LogP contribution in [0.1, 0.15) is 10.6 Å². The van der Waals surface area contributed by atoms with E-state index >= 15 is 0 Å². The lowest BCUT2D eigenvalue weighted by Crippen LogP contribution is -2.12. The second-order valence-electron chi connectivity index (χ2n) is 1.73. The fourth-order valence-electron chi connectivity index (χ4n) is 0.565. The maximum atomic E-state index is 10.8. The number of rotatable bonds is 2. The lowest BCUT2D eigenvalue weighted by Gasteiger charge is -1.87. The van der Waals surface area contributed by atoms with Gasteiger partial charge < -0.3 is 10.2 Å². The highest BCUT2D eigenvalue weighted by atomic mass is 79.9. The fraction of sp³-hybridized carbons (Fsp3) is 0.167. The molecule has 62 valence electrons. The van der Waals surface area contributed by atoms with Crippen LogP contribution in [0, 0.1) is 0 Å². The van der Waals surface area contributed by atoms with Crippen molar-refractivity contribution in [2.75, 3.05) is 6.54 Å². The molecule has 1 aromatic rings. The molecule has 0 unspecified atom stereocenters. The third-order valence-electron chi connectivity index (χ3n) is 1.03. The zero-order valence-electron chi connectivity index (χ0n) is 5.54. The van der Waals surface area contributed by atoms with Gasteiger partial charge >= 0.3 is 0 Å². The highest BCUT2D eigenvalue weighted by Gasteiger charge is 2.06. The van der Waals surface area contributed by atoms with Crippen molar-refractivity contribution >= 4 is 34.1 Å². The van der Waals surface area contributed by atoms with E-state index in [0.717, 1.165) is 0 Å². The molecule has 0 aromatic carbocycles. The van der Waals surface area contributed by atoms with Crippen molar-refractivity contribution in [1.82, 2.24) is 0 Å². The van der Waals surface area contributed by atoms with E-state index in [1.165, 1.54) is 0 Å². The van der Waals surface area contributed by atoms with Gasteiger partial charge in [0.15, 0.2) is 10.4 Å². The predicted molar refractivity (Wildman–Crippen MR) is 47.0 cm³/mol. The van der Waals surface area contributed by atoms with Crippen molar-refractivity contribution in [1.29, 1.82) is 0 Å². The number of carbonyl (C=O) groups is 1. The monoisotopic (exact) mass is 239 g/mol. The summed E-state index contributed by atoms with van der Waals surface area (Å²) < 4.78 is 5.47. The predicted octanol–water partition coefficient (Wildman–Crippen LogP) is 1.61. The molecule has 0 spiro atoms. The van der Waals surface area contributed by atoms with Crippen molar-refractivity contribution in [3.63, 3.8) is 0 Å². The van der Waals surface area contributed by atoms with E-state index in [1.807, 2.05) is 0 Å². The Balaban J connectivity index is 0.000001000. The molecule has 0 radical (unpaired) electrons. The van der Waals surface area contributed by atoms with Gasteiger partial charge in [-0.3, -0.25) is 4.79 Å². The molecule has 11 heavy (non-hydrogen) atoms. The maximum absolute atomic E-state index is 10.8. The number of ketones is 1. The minimum atomic E-state index is -0.189. The number of hydrogen-bond acceptors (Lipinski definition) is 3. The van der Waals surface area contributed by atoms with E-state index in [9.17, 15) is 4.79 Å². The van der Waals surface area contributed by atoms with E-state index in [-0.39, 0.29) is 24.7 Å². The Morgan fingerprint density at radius 1 is 1.64 bits per heavy atom. The Morgan fingerprint density at radius 2 is 2.27 bits per heavy atom. The number of hydrogen-bond donors (Lipinski definition) is 1. The van der Waals surface area contributed by atoms with Crippen LogP contribution in [-0.4, -0.2) is 12.3 Å². The van der Waals surface area contributed by atoms with E-state index in [1.54, 1.807) is 12.1 Å². The summed E-state index contributed by atoms with van der Waals surface area (Å²) in [5.41, 5.74) is 5.09. The lowest BCUT2D eigenvalue weighted by atomic mass is 10.3. The molecule has 0 bridgehead atoms. The molecule has 0 aliphatic heterocycles. The molecule has 0 saturated heterocycles. The van der Waals surface area contributed by atoms with Crippen LogP contribution < -0.4 is 5.73 Å². The van der Waals surface area contributed by atoms with Gasteiger partial charge in [-0.25, -0.2) is 0 Å². The highest BCUT2D eigenvalue weighted by molar-refractivity contribution is 9.10. The standard InChI is InChI=1S/C6H6BrNO2.ClH/c7-6-2-1-5(10-6)4(9)3-8;/h1-2H,3,8H2;1H. The zero-order valence-corrected chi connectivity index (χ0v) is 7.94. The lowest BCUT2D eigenvalue weighted by molar-refractivity contribution is 0.0974. The summed E-state index contributed by atoms with van der Waals surface area (Å²) in [5.74, 6) is 0.111. The number of furan rings is 1. The minimum absolute atomic E-state index is 0. The van der Waals surface area contributed by atoms with Gasteiger partial charge in [0.2, 0.25) is 5.78 Å². The largest absolute Gasteiger partial charge is 0.446 e. The van der Waals surface area contributed by atoms with Crippen LogP contribution in [0.4, 0.5) is 0 Å². The summed E-state index contributed by atoms with van der Waals surface area (Å²) in [6.07, 6.45) is 0. The Morgan fingerprint density at radius 3 is 2.64 bits per heavy atom. The molecule has 1 aromatic heterocycles. The van der Waals surface area contributed by atoms with Crippen LogP contribution in [0.5, 0.6) is 0 Å². The van der Waals surface area contributed by atoms with Crippen molar-refractivity contribution < 1.29 is 9.21 Å². The number of nitrogens with two attached hydrogens (primary N) is 1. The molecular formula is C6H7BrClNO2. The van der Waals surface area contributed by atoms with E-state index in [2.05, 4.69) is 15.9 Å². The SMILES string of the molecule is Cl.NCC(=O)c1ccc(Br)o1. The summed E-state index contributed by atoms with van der Waals surface area (Å²) in [7, 11) is 0. The molecule has 0 amide bonds. The fourth-order valence-corrected chi connectivity index (χ4v) is 0.871. The molecule has 0 aliphatic carbocycles. The third kappa shape index (κ3) is 2.65. The van der Waals surface area contributed by atoms with E-state index in [4.69, 9.17) is 10.2 Å². The molecular weight excluding hydrogens is 233 g/mol. The molecule has 1 rings (SSSR count). The Bertz CT molecular complexity index is 248. The molecule has 0 saturated carbocycles. The minimum Gasteiger partial charge on any atom is -0.446 e. The first-order chi connectivity index (χ1) is 4.74. The van der Waals surface area contributed by atoms with Gasteiger partial charge in [0.25, 0.3) is 0 Å². The second-order valence-corrected chi connectivity index (χ2v) is 2.51. The summed E-state index contributed by atoms with van der Waals surface area (Å²) >= 11 is 3.07. The first-order valence-electron chi connectivity index (χ1n) is 2.72. The van der Waals surface area contributed by atoms with Gasteiger partial charge in [-0.2, -0.15) is 0 Å². The molecule has 0 fully saturated rings. The first kappa shape index (κ1) is 10.7. The third-order valence-corrected chi connectivity index (χ3v) is 1.46. The van der Waals surface area contributed by atoms with Crippen molar-refractivity contribution in [2.45, 2.75) is 0 Å². The summed E-state index contributed by atoms with van der Waals surface area (Å²) in [5, 5.41) is 0. The van der Waals surface area contributed by atoms with Gasteiger partial charge in [-0.05, 0) is 28.1 Å². The van der Waals surface area contributed by atoms with Crippen LogP contribution in [-0.2, 0) is 0 Å². The number of carbonyl (C=O) groups excluding carboxylic acids is 1. The normalized spacial score (nSPS) is 8.91. The van der Waals surface area contributed by atoms with Gasteiger partial charge in [-0.15, -0.1) is 12.4 Å². The molecule has 0 aliphatic rings. The van der Waals surface area contributed by atoms with Crippen LogP contribution in [0.25, 0.3) is 0 Å². The highest BCUT2D eigenvalue weighted by Crippen LogP contribution is 2.13. The Kier molecular flexibility index (Phi) is 4.40. The Hall–Kier alpha value is -0.320. The van der Waals surface area contributed by atoms with Crippen LogP contribution in [0.2, 0.25) is 0 Å². The molecule has 3 nitrogen and oxygen atoms in total. The topological polar surface area (TPSA) is 56.2 Å². The molecule has 2 N–H and O–H groups in total. The van der Waals surface area contributed by atoms with Gasteiger partial charge in [0.1, 0.15) is 0 Å². The van der Waals surface area contributed by atoms with Crippen LogP contribution >= 0.6 is 28.3 Å². The number of halogens is 2. The summed E-state index contributed by atoms with van der Waals surface area (Å²) in [6.45, 7) is -0.0139. The number of Topliss-reactive ketones (excluding diaryl/α,β-unsaturated/α-hetero) is 1. The van der Waals surface area contributed by atoms with Crippen LogP contribution in [0.15, 0.2) is 21.2 Å². The van der Waals surface area contributed by atoms with Crippen LogP contribution in [0.3, 0.4) is 0 Å². The first-order valence-corrected chi connectivity index (χ1v) is 3.52. The second kappa shape index (κ2) is 4.54. The molecule has 5 heteroatoms. The quantitative estimate of drug-likeness (QED) is 0.799. The van der Waals surface area contributed by atoms with Gasteiger partial charge in [0, 0.05) is 0 Å². The van der Waals surface area contributed by atoms with E-state index < -0.39 is 0 Å². The average Bonchev–Trinajstić information content (AvgIpc) is 2.34. The summed E-state index contributed by atoms with van der Waals surface area (Å²) in [4.78, 5) is 10.8. The van der Waals surface area contributed by atoms with Crippen molar-refractivity contribution in [3.05, 3.63) is 22.6 Å². The van der Waals surface area contributed by atoms with Crippen molar-refractivity contribution in [2.24, 2.45) is 5.73 Å². The van der Waals surface area contributed by atoms with Gasteiger partial charge in [-0.1, -0.05) is 0 Å². The van der Waals surface area contributed by atoms with Gasteiger partial charge in [0.05, 0.1) is 6.54 Å². The summed E-state index contributed by atoms with van der Waals surface area (Å²) in [6, 6.07) is 3.24.